The molecule has 3 aromatic carbocycles. The predicted octanol–water partition coefficient (Wildman–Crippen LogP) is 5.90. The standard InChI is InChI=1S/C29H28ClN3O4/c1-19-22(18-36-27-10-9-21(17-34)15-26(27)30)5-3-6-23(19)24-7-4-8-25(20(24)2)29-32-31-28(37-29)16-33-11-13-35-14-12-33/h3-10,15,17H,11-14,16,18H2,1-2H3. The van der Waals surface area contributed by atoms with Gasteiger partial charge >= 0.3 is 0 Å². The maximum Gasteiger partial charge on any atom is 0.248 e. The Morgan fingerprint density at radius 1 is 0.973 bits per heavy atom. The van der Waals surface area contributed by atoms with Gasteiger partial charge in [0.05, 0.1) is 24.8 Å². The van der Waals surface area contributed by atoms with E-state index in [9.17, 15) is 4.79 Å². The molecule has 7 nitrogen and oxygen atoms in total. The molecule has 2 heterocycles. The van der Waals surface area contributed by atoms with E-state index in [0.717, 1.165) is 66.0 Å². The van der Waals surface area contributed by atoms with Gasteiger partial charge in [-0.05, 0) is 65.9 Å². The lowest BCUT2D eigenvalue weighted by Crippen LogP contribution is -2.35. The minimum absolute atomic E-state index is 0.354. The van der Waals surface area contributed by atoms with Crippen LogP contribution in [0.2, 0.25) is 5.02 Å². The number of aromatic nitrogens is 2. The van der Waals surface area contributed by atoms with E-state index in [2.05, 4.69) is 41.1 Å². The summed E-state index contributed by atoms with van der Waals surface area (Å²) in [6.45, 7) is 8.32. The van der Waals surface area contributed by atoms with Crippen molar-refractivity contribution in [1.82, 2.24) is 15.1 Å². The Bertz CT molecular complexity index is 1410. The molecule has 190 valence electrons. The molecule has 0 atom stereocenters. The highest BCUT2D eigenvalue weighted by molar-refractivity contribution is 6.32. The van der Waals surface area contributed by atoms with Gasteiger partial charge in [0.15, 0.2) is 0 Å². The van der Waals surface area contributed by atoms with Crippen LogP contribution in [0.3, 0.4) is 0 Å². The Balaban J connectivity index is 1.37. The van der Waals surface area contributed by atoms with Crippen molar-refractivity contribution in [2.45, 2.75) is 27.0 Å². The van der Waals surface area contributed by atoms with Crippen LogP contribution in [0.15, 0.2) is 59.0 Å². The Morgan fingerprint density at radius 2 is 1.70 bits per heavy atom. The number of nitrogens with zero attached hydrogens (tertiary/aromatic N) is 3. The van der Waals surface area contributed by atoms with Crippen molar-refractivity contribution in [3.8, 4) is 28.3 Å². The fourth-order valence-electron chi connectivity index (χ4n) is 4.53. The molecule has 1 fully saturated rings. The zero-order valence-electron chi connectivity index (χ0n) is 20.9. The molecule has 1 saturated heterocycles. The quantitative estimate of drug-likeness (QED) is 0.269. The van der Waals surface area contributed by atoms with Crippen LogP contribution >= 0.6 is 11.6 Å². The summed E-state index contributed by atoms with van der Waals surface area (Å²) in [6, 6.07) is 17.3. The summed E-state index contributed by atoms with van der Waals surface area (Å²) in [5.74, 6) is 1.67. The Kier molecular flexibility index (Phi) is 7.65. The summed E-state index contributed by atoms with van der Waals surface area (Å²) < 4.78 is 17.5. The molecule has 4 aromatic rings. The molecule has 1 aliphatic heterocycles. The minimum Gasteiger partial charge on any atom is -0.487 e. The molecule has 0 bridgehead atoms. The van der Waals surface area contributed by atoms with Gasteiger partial charge in [-0.25, -0.2) is 0 Å². The zero-order valence-corrected chi connectivity index (χ0v) is 21.6. The second-order valence-corrected chi connectivity index (χ2v) is 9.46. The van der Waals surface area contributed by atoms with Crippen LogP contribution in [0.1, 0.15) is 32.9 Å². The van der Waals surface area contributed by atoms with Crippen LogP contribution in [0, 0.1) is 13.8 Å². The third kappa shape index (κ3) is 5.59. The van der Waals surface area contributed by atoms with E-state index in [1.165, 1.54) is 0 Å². The first-order valence-corrected chi connectivity index (χ1v) is 12.6. The van der Waals surface area contributed by atoms with Crippen LogP contribution in [0.4, 0.5) is 0 Å². The van der Waals surface area contributed by atoms with Crippen molar-refractivity contribution in [1.29, 1.82) is 0 Å². The number of benzene rings is 3. The monoisotopic (exact) mass is 517 g/mol. The second kappa shape index (κ2) is 11.3. The highest BCUT2D eigenvalue weighted by Crippen LogP contribution is 2.34. The van der Waals surface area contributed by atoms with E-state index in [4.69, 9.17) is 25.5 Å². The van der Waals surface area contributed by atoms with Crippen molar-refractivity contribution < 1.29 is 18.7 Å². The number of hydrogen-bond acceptors (Lipinski definition) is 7. The number of rotatable bonds is 8. The molecule has 0 aliphatic carbocycles. The number of carbonyl (C=O) groups is 1. The van der Waals surface area contributed by atoms with Crippen molar-refractivity contribution in [2.75, 3.05) is 26.3 Å². The first kappa shape index (κ1) is 25.1. The van der Waals surface area contributed by atoms with E-state index in [0.29, 0.717) is 41.3 Å². The highest BCUT2D eigenvalue weighted by Gasteiger charge is 2.18. The molecule has 0 N–H and O–H groups in total. The lowest BCUT2D eigenvalue weighted by atomic mass is 9.91. The SMILES string of the molecule is Cc1c(COc2ccc(C=O)cc2Cl)cccc1-c1cccc(-c2nnc(CN3CCOCC3)o2)c1C. The van der Waals surface area contributed by atoms with E-state index in [-0.39, 0.29) is 0 Å². The van der Waals surface area contributed by atoms with Gasteiger partial charge in [0.25, 0.3) is 0 Å². The fourth-order valence-corrected chi connectivity index (χ4v) is 4.77. The molecule has 0 unspecified atom stereocenters. The molecule has 37 heavy (non-hydrogen) atoms. The topological polar surface area (TPSA) is 77.7 Å². The van der Waals surface area contributed by atoms with E-state index in [1.807, 2.05) is 24.3 Å². The number of aldehydes is 1. The van der Waals surface area contributed by atoms with Gasteiger partial charge in [-0.2, -0.15) is 0 Å². The van der Waals surface area contributed by atoms with Crippen LogP contribution in [0.5, 0.6) is 5.75 Å². The number of morpholine rings is 1. The highest BCUT2D eigenvalue weighted by atomic mass is 35.5. The molecular formula is C29H28ClN3O4. The summed E-state index contributed by atoms with van der Waals surface area (Å²) in [7, 11) is 0. The smallest absolute Gasteiger partial charge is 0.248 e. The maximum atomic E-state index is 11.0. The first-order chi connectivity index (χ1) is 18.0. The predicted molar refractivity (Wildman–Crippen MR) is 142 cm³/mol. The van der Waals surface area contributed by atoms with Crippen LogP contribution in [-0.2, 0) is 17.9 Å². The van der Waals surface area contributed by atoms with E-state index in [1.54, 1.807) is 18.2 Å². The summed E-state index contributed by atoms with van der Waals surface area (Å²) in [5.41, 5.74) is 6.86. The van der Waals surface area contributed by atoms with Crippen LogP contribution < -0.4 is 4.74 Å². The Morgan fingerprint density at radius 3 is 2.46 bits per heavy atom. The maximum absolute atomic E-state index is 11.0. The van der Waals surface area contributed by atoms with Gasteiger partial charge in [-0.3, -0.25) is 9.69 Å². The first-order valence-electron chi connectivity index (χ1n) is 12.2. The van der Waals surface area contributed by atoms with Crippen molar-refractivity contribution in [3.05, 3.63) is 87.8 Å². The summed E-state index contributed by atoms with van der Waals surface area (Å²) in [4.78, 5) is 13.2. The second-order valence-electron chi connectivity index (χ2n) is 9.05. The molecule has 8 heteroatoms. The Labute approximate surface area is 221 Å². The average Bonchev–Trinajstić information content (AvgIpc) is 3.37. The lowest BCUT2D eigenvalue weighted by molar-refractivity contribution is 0.0306. The van der Waals surface area contributed by atoms with Gasteiger partial charge in [-0.1, -0.05) is 41.9 Å². The largest absolute Gasteiger partial charge is 0.487 e. The number of hydrogen-bond donors (Lipinski definition) is 0. The van der Waals surface area contributed by atoms with Crippen molar-refractivity contribution in [3.63, 3.8) is 0 Å². The van der Waals surface area contributed by atoms with E-state index >= 15 is 0 Å². The number of halogens is 1. The normalized spacial score (nSPS) is 14.0. The van der Waals surface area contributed by atoms with Crippen LogP contribution in [-0.4, -0.2) is 47.7 Å². The molecule has 0 amide bonds. The summed E-state index contributed by atoms with van der Waals surface area (Å²) >= 11 is 6.28. The third-order valence-electron chi connectivity index (χ3n) is 6.70. The molecule has 1 aliphatic rings. The van der Waals surface area contributed by atoms with Gasteiger partial charge in [-0.15, -0.1) is 10.2 Å². The fraction of sp³-hybridized carbons (Fsp3) is 0.276. The zero-order chi connectivity index (χ0) is 25.8. The van der Waals surface area contributed by atoms with Crippen LogP contribution in [0.25, 0.3) is 22.6 Å². The average molecular weight is 518 g/mol. The number of carbonyl (C=O) groups excluding carboxylic acids is 1. The summed E-state index contributed by atoms with van der Waals surface area (Å²) in [6.07, 6.45) is 0.763. The van der Waals surface area contributed by atoms with Crippen molar-refractivity contribution >= 4 is 17.9 Å². The molecule has 5 rings (SSSR count). The van der Waals surface area contributed by atoms with E-state index < -0.39 is 0 Å². The molecule has 0 radical (unpaired) electrons. The molecular weight excluding hydrogens is 490 g/mol. The van der Waals surface area contributed by atoms with Gasteiger partial charge in [0.2, 0.25) is 11.8 Å². The minimum atomic E-state index is 0.354. The molecule has 1 aromatic heterocycles. The third-order valence-corrected chi connectivity index (χ3v) is 7.00. The summed E-state index contributed by atoms with van der Waals surface area (Å²) in [5, 5.41) is 9.04. The van der Waals surface area contributed by atoms with Gasteiger partial charge in [0.1, 0.15) is 18.6 Å². The number of ether oxygens (including phenoxy) is 2. The molecule has 0 saturated carbocycles. The van der Waals surface area contributed by atoms with Gasteiger partial charge in [0, 0.05) is 24.2 Å². The lowest BCUT2D eigenvalue weighted by Gasteiger charge is -2.24. The van der Waals surface area contributed by atoms with Gasteiger partial charge < -0.3 is 13.9 Å². The van der Waals surface area contributed by atoms with Crippen molar-refractivity contribution in [2.24, 2.45) is 0 Å². The molecule has 0 spiro atoms. The Hall–Kier alpha value is -3.52.